The fraction of sp³-hybridized carbons (Fsp3) is 0.333. The van der Waals surface area contributed by atoms with Crippen molar-refractivity contribution >= 4 is 5.69 Å². The number of nitrogens with zero attached hydrogens (tertiary/aromatic N) is 3. The van der Waals surface area contributed by atoms with Crippen molar-refractivity contribution in [3.05, 3.63) is 52.2 Å². The van der Waals surface area contributed by atoms with Gasteiger partial charge < -0.3 is 5.73 Å². The minimum atomic E-state index is -0.409. The van der Waals surface area contributed by atoms with E-state index in [1.165, 1.54) is 12.1 Å². The average Bonchev–Trinajstić information content (AvgIpc) is 2.82. The second-order valence-electron chi connectivity index (χ2n) is 4.26. The first-order valence-electron chi connectivity index (χ1n) is 5.70. The largest absolute Gasteiger partial charge is 0.327 e. The number of nitro benzene ring substituents is 1. The van der Waals surface area contributed by atoms with E-state index in [1.54, 1.807) is 18.3 Å². The van der Waals surface area contributed by atoms with E-state index in [0.717, 1.165) is 12.0 Å². The van der Waals surface area contributed by atoms with Crippen LogP contribution in [0.1, 0.15) is 12.0 Å². The fourth-order valence-electron chi connectivity index (χ4n) is 1.88. The molecule has 1 unspecified atom stereocenters. The van der Waals surface area contributed by atoms with Crippen molar-refractivity contribution in [2.45, 2.75) is 24.9 Å². The van der Waals surface area contributed by atoms with Crippen LogP contribution in [0.4, 0.5) is 5.69 Å². The molecule has 6 nitrogen and oxygen atoms in total. The van der Waals surface area contributed by atoms with Crippen molar-refractivity contribution in [1.29, 1.82) is 0 Å². The van der Waals surface area contributed by atoms with Gasteiger partial charge in [-0.1, -0.05) is 12.1 Å². The van der Waals surface area contributed by atoms with Gasteiger partial charge in [-0.3, -0.25) is 10.1 Å². The predicted molar refractivity (Wildman–Crippen MR) is 67.2 cm³/mol. The van der Waals surface area contributed by atoms with E-state index in [2.05, 4.69) is 10.2 Å². The topological polar surface area (TPSA) is 93.9 Å². The van der Waals surface area contributed by atoms with Gasteiger partial charge >= 0.3 is 0 Å². The number of hydrogen-bond acceptors (Lipinski definition) is 5. The molecular weight excluding hydrogens is 232 g/mol. The fourth-order valence-corrected chi connectivity index (χ4v) is 1.88. The van der Waals surface area contributed by atoms with Crippen LogP contribution in [0.2, 0.25) is 0 Å². The van der Waals surface area contributed by atoms with Crippen molar-refractivity contribution in [2.75, 3.05) is 0 Å². The Morgan fingerprint density at radius 1 is 1.39 bits per heavy atom. The first-order chi connectivity index (χ1) is 8.65. The van der Waals surface area contributed by atoms with Crippen LogP contribution in [-0.2, 0) is 6.42 Å². The van der Waals surface area contributed by atoms with Gasteiger partial charge in [0.05, 0.1) is 11.0 Å². The van der Waals surface area contributed by atoms with E-state index in [1.807, 2.05) is 6.08 Å². The third kappa shape index (κ3) is 3.21. The molecule has 1 heterocycles. The van der Waals surface area contributed by atoms with Gasteiger partial charge in [0, 0.05) is 24.4 Å². The van der Waals surface area contributed by atoms with Crippen molar-refractivity contribution in [1.82, 2.24) is 0 Å². The summed E-state index contributed by atoms with van der Waals surface area (Å²) in [6.45, 7) is 0. The van der Waals surface area contributed by atoms with Gasteiger partial charge in [0.25, 0.3) is 5.69 Å². The maximum atomic E-state index is 10.5. The molecule has 0 saturated heterocycles. The zero-order chi connectivity index (χ0) is 13.0. The summed E-state index contributed by atoms with van der Waals surface area (Å²) >= 11 is 0. The highest BCUT2D eigenvalue weighted by Crippen LogP contribution is 2.15. The van der Waals surface area contributed by atoms with Crippen molar-refractivity contribution in [3.63, 3.8) is 0 Å². The van der Waals surface area contributed by atoms with Crippen LogP contribution in [0, 0.1) is 10.1 Å². The van der Waals surface area contributed by atoms with Gasteiger partial charge in [0.2, 0.25) is 0 Å². The van der Waals surface area contributed by atoms with E-state index < -0.39 is 4.92 Å². The second-order valence-corrected chi connectivity index (χ2v) is 4.26. The Bertz CT molecular complexity index is 469. The summed E-state index contributed by atoms with van der Waals surface area (Å²) in [6, 6.07) is 6.51. The van der Waals surface area contributed by atoms with Gasteiger partial charge in [-0.05, 0) is 24.5 Å². The molecule has 1 aromatic rings. The standard InChI is InChI=1S/C12H14N4O2/c13-10(8-11-5-6-14-15-11)7-9-1-3-12(4-2-9)16(17)18/h1-6,10-11H,7-8,13H2/t10-,11?/m0/s1. The maximum absolute atomic E-state index is 10.5. The summed E-state index contributed by atoms with van der Waals surface area (Å²) in [6.07, 6.45) is 4.99. The molecule has 2 atom stereocenters. The number of benzene rings is 1. The van der Waals surface area contributed by atoms with Gasteiger partial charge in [0.15, 0.2) is 0 Å². The van der Waals surface area contributed by atoms with Crippen molar-refractivity contribution in [3.8, 4) is 0 Å². The van der Waals surface area contributed by atoms with Crippen LogP contribution >= 0.6 is 0 Å². The van der Waals surface area contributed by atoms with Gasteiger partial charge in [-0.15, -0.1) is 0 Å². The van der Waals surface area contributed by atoms with Gasteiger partial charge in [-0.2, -0.15) is 10.2 Å². The van der Waals surface area contributed by atoms with Crippen molar-refractivity contribution in [2.24, 2.45) is 16.0 Å². The first-order valence-corrected chi connectivity index (χ1v) is 5.70. The molecule has 0 spiro atoms. The van der Waals surface area contributed by atoms with E-state index >= 15 is 0 Å². The number of rotatable bonds is 5. The summed E-state index contributed by atoms with van der Waals surface area (Å²) in [5, 5.41) is 18.3. The molecule has 6 heteroatoms. The summed E-state index contributed by atoms with van der Waals surface area (Å²) in [5.41, 5.74) is 7.10. The number of non-ortho nitro benzene ring substituents is 1. The Labute approximate surface area is 104 Å². The second kappa shape index (κ2) is 5.50. The highest BCUT2D eigenvalue weighted by Gasteiger charge is 2.13. The summed E-state index contributed by atoms with van der Waals surface area (Å²) in [5.74, 6) is 0. The zero-order valence-corrected chi connectivity index (χ0v) is 9.77. The third-order valence-corrected chi connectivity index (χ3v) is 2.78. The lowest BCUT2D eigenvalue weighted by atomic mass is 10.0. The van der Waals surface area contributed by atoms with Crippen LogP contribution in [0.25, 0.3) is 0 Å². The summed E-state index contributed by atoms with van der Waals surface area (Å²) in [7, 11) is 0. The lowest BCUT2D eigenvalue weighted by molar-refractivity contribution is -0.384. The lowest BCUT2D eigenvalue weighted by Crippen LogP contribution is -2.26. The minimum Gasteiger partial charge on any atom is -0.327 e. The van der Waals surface area contributed by atoms with E-state index in [4.69, 9.17) is 5.73 Å². The Morgan fingerprint density at radius 2 is 2.11 bits per heavy atom. The predicted octanol–water partition coefficient (Wildman–Crippen LogP) is 2.20. The zero-order valence-electron chi connectivity index (χ0n) is 9.77. The molecule has 0 saturated carbocycles. The molecule has 0 bridgehead atoms. The van der Waals surface area contributed by atoms with Crippen LogP contribution in [0.3, 0.4) is 0 Å². The SMILES string of the molecule is N[C@@H](Cc1ccc([N+](=O)[O-])cc1)CC1C=CN=N1. The maximum Gasteiger partial charge on any atom is 0.269 e. The Hall–Kier alpha value is -2.08. The molecule has 1 aliphatic heterocycles. The Morgan fingerprint density at radius 3 is 2.67 bits per heavy atom. The number of azo groups is 1. The summed E-state index contributed by atoms with van der Waals surface area (Å²) < 4.78 is 0. The molecule has 0 aliphatic carbocycles. The molecule has 94 valence electrons. The van der Waals surface area contributed by atoms with Gasteiger partial charge in [0.1, 0.15) is 0 Å². The number of nitro groups is 1. The average molecular weight is 246 g/mol. The van der Waals surface area contributed by atoms with Crippen molar-refractivity contribution < 1.29 is 4.92 Å². The highest BCUT2D eigenvalue weighted by atomic mass is 16.6. The molecule has 0 amide bonds. The molecule has 0 fully saturated rings. The molecule has 1 aliphatic rings. The molecule has 2 N–H and O–H groups in total. The quantitative estimate of drug-likeness (QED) is 0.637. The first kappa shape index (κ1) is 12.4. The molecular formula is C12H14N4O2. The molecule has 0 radical (unpaired) electrons. The van der Waals surface area contributed by atoms with Crippen LogP contribution < -0.4 is 5.73 Å². The normalized spacial score (nSPS) is 19.1. The molecule has 18 heavy (non-hydrogen) atoms. The van der Waals surface area contributed by atoms with E-state index in [0.29, 0.717) is 6.42 Å². The Kier molecular flexibility index (Phi) is 3.78. The number of hydrogen-bond donors (Lipinski definition) is 1. The molecule has 1 aromatic carbocycles. The van der Waals surface area contributed by atoms with Crippen LogP contribution in [0.5, 0.6) is 0 Å². The minimum absolute atomic E-state index is 0.0295. The Balaban J connectivity index is 1.90. The monoisotopic (exact) mass is 246 g/mol. The van der Waals surface area contributed by atoms with Crippen LogP contribution in [0.15, 0.2) is 46.8 Å². The third-order valence-electron chi connectivity index (χ3n) is 2.78. The number of nitrogens with two attached hydrogens (primary N) is 1. The smallest absolute Gasteiger partial charge is 0.269 e. The molecule has 0 aromatic heterocycles. The highest BCUT2D eigenvalue weighted by molar-refractivity contribution is 5.33. The molecule has 2 rings (SSSR count). The van der Waals surface area contributed by atoms with E-state index in [-0.39, 0.29) is 17.8 Å². The summed E-state index contributed by atoms with van der Waals surface area (Å²) in [4.78, 5) is 10.1. The van der Waals surface area contributed by atoms with E-state index in [9.17, 15) is 10.1 Å². The van der Waals surface area contributed by atoms with Crippen LogP contribution in [-0.4, -0.2) is 17.0 Å². The lowest BCUT2D eigenvalue weighted by Gasteiger charge is -2.12. The van der Waals surface area contributed by atoms with Gasteiger partial charge in [-0.25, -0.2) is 0 Å².